The summed E-state index contributed by atoms with van der Waals surface area (Å²) in [5.41, 5.74) is 1.24. The van der Waals surface area contributed by atoms with E-state index >= 15 is 0 Å². The molecule has 0 aliphatic carbocycles. The van der Waals surface area contributed by atoms with Crippen LogP contribution in [-0.4, -0.2) is 3.30 Å². The summed E-state index contributed by atoms with van der Waals surface area (Å²) in [7, 11) is 0. The topological polar surface area (TPSA) is 0 Å². The smallest absolute Gasteiger partial charge is 0.0126 e. The van der Waals surface area contributed by atoms with Crippen molar-refractivity contribution >= 4 is 61.3 Å². The van der Waals surface area contributed by atoms with E-state index < -0.39 is 6.89 Å². The number of aryl methyl sites for hydroxylation is 1. The molecule has 3 aromatic rings. The fourth-order valence-corrected chi connectivity index (χ4v) is 10.2. The third-order valence-electron chi connectivity index (χ3n) is 4.24. The highest BCUT2D eigenvalue weighted by Gasteiger charge is 2.28. The Morgan fingerprint density at radius 3 is 1.75 bits per heavy atom. The van der Waals surface area contributed by atoms with E-state index in [1.807, 2.05) is 0 Å². The number of benzene rings is 3. The van der Waals surface area contributed by atoms with E-state index in [4.69, 9.17) is 12.6 Å². The van der Waals surface area contributed by atoms with Crippen LogP contribution in [0.5, 0.6) is 0 Å². The van der Waals surface area contributed by atoms with Gasteiger partial charge in [0.15, 0.2) is 0 Å². The molecule has 0 bridgehead atoms. The molecular weight excluding hydrogens is 442 g/mol. The van der Waals surface area contributed by atoms with E-state index in [-0.39, 0.29) is 0 Å². The fraction of sp³-hybridized carbons (Fsp3) is 0.0952. The van der Waals surface area contributed by atoms with Gasteiger partial charge in [0.2, 0.25) is 0 Å². The quantitative estimate of drug-likeness (QED) is 0.310. The van der Waals surface area contributed by atoms with Crippen molar-refractivity contribution in [1.82, 2.24) is 0 Å². The lowest BCUT2D eigenvalue weighted by Gasteiger charge is -2.31. The summed E-state index contributed by atoms with van der Waals surface area (Å²) >= 11 is 7.39. The third-order valence-corrected chi connectivity index (χ3v) is 11.1. The van der Waals surface area contributed by atoms with Gasteiger partial charge in [-0.3, -0.25) is 0 Å². The maximum atomic E-state index is 4.87. The van der Waals surface area contributed by atoms with Gasteiger partial charge in [-0.15, -0.1) is 12.6 Å². The maximum absolute atomic E-state index is 4.87. The standard InChI is InChI=1S/C21H20IPS/c1-16-13-14-20(21(24)15-16)23(17(2)22,18-9-5-3-6-10-18)19-11-7-4-8-12-19/h3-15,24H,1-2H3. The van der Waals surface area contributed by atoms with Crippen molar-refractivity contribution in [2.75, 3.05) is 0 Å². The van der Waals surface area contributed by atoms with Crippen molar-refractivity contribution in [3.63, 3.8) is 0 Å². The maximum Gasteiger partial charge on any atom is 0.0126 e. The average Bonchev–Trinajstić information content (AvgIpc) is 2.59. The molecule has 122 valence electrons. The highest BCUT2D eigenvalue weighted by molar-refractivity contribution is 14.1. The van der Waals surface area contributed by atoms with E-state index in [9.17, 15) is 0 Å². The van der Waals surface area contributed by atoms with Crippen LogP contribution < -0.4 is 15.9 Å². The van der Waals surface area contributed by atoms with Gasteiger partial charge in [-0.05, 0) is 74.2 Å². The molecule has 0 heterocycles. The first-order valence-corrected chi connectivity index (χ1v) is 11.2. The Hall–Kier alpha value is -0.960. The average molecular weight is 462 g/mol. The van der Waals surface area contributed by atoms with Crippen LogP contribution in [0.3, 0.4) is 0 Å². The zero-order valence-electron chi connectivity index (χ0n) is 13.8. The molecular formula is C21H20IPS. The van der Waals surface area contributed by atoms with Crippen LogP contribution in [0.1, 0.15) is 12.5 Å². The summed E-state index contributed by atoms with van der Waals surface area (Å²) in [6.45, 7) is 2.52. The highest BCUT2D eigenvalue weighted by atomic mass is 127. The summed E-state index contributed by atoms with van der Waals surface area (Å²) < 4.78 is 1.41. The van der Waals surface area contributed by atoms with E-state index in [0.717, 1.165) is 4.90 Å². The Balaban J connectivity index is 2.48. The Kier molecular flexibility index (Phi) is 5.59. The summed E-state index contributed by atoms with van der Waals surface area (Å²) in [5.74, 6) is 0. The summed E-state index contributed by atoms with van der Waals surface area (Å²) in [6.07, 6.45) is 0. The first kappa shape index (κ1) is 17.8. The van der Waals surface area contributed by atoms with Crippen molar-refractivity contribution in [3.8, 4) is 0 Å². The van der Waals surface area contributed by atoms with Crippen molar-refractivity contribution < 1.29 is 0 Å². The normalized spacial score (nSPS) is 11.3. The first-order chi connectivity index (χ1) is 11.6. The lowest BCUT2D eigenvalue weighted by atomic mass is 10.2. The third kappa shape index (κ3) is 3.12. The van der Waals surface area contributed by atoms with Crippen molar-refractivity contribution in [3.05, 3.63) is 84.4 Å². The Morgan fingerprint density at radius 2 is 1.33 bits per heavy atom. The Bertz CT molecular complexity index is 854. The predicted molar refractivity (Wildman–Crippen MR) is 122 cm³/mol. The van der Waals surface area contributed by atoms with Gasteiger partial charge in [-0.2, -0.15) is 0 Å². The highest BCUT2D eigenvalue weighted by Crippen LogP contribution is 2.49. The molecule has 3 rings (SSSR count). The van der Waals surface area contributed by atoms with Gasteiger partial charge >= 0.3 is 0 Å². The molecule has 0 saturated carbocycles. The second kappa shape index (κ2) is 7.51. The number of thiol groups is 1. The molecule has 3 aromatic carbocycles. The SMILES string of the molecule is CC(I)=P(c1ccccc1)(c1ccccc1)c1ccc(C)cc1S. The number of halogens is 1. The molecule has 0 amide bonds. The lowest BCUT2D eigenvalue weighted by Crippen LogP contribution is -2.29. The number of rotatable bonds is 3. The molecule has 0 radical (unpaired) electrons. The van der Waals surface area contributed by atoms with E-state index in [2.05, 4.69) is 115 Å². The van der Waals surface area contributed by atoms with Gasteiger partial charge in [-0.1, -0.05) is 72.8 Å². The minimum Gasteiger partial charge on any atom is -0.143 e. The molecule has 24 heavy (non-hydrogen) atoms. The zero-order chi connectivity index (χ0) is 17.2. The summed E-state index contributed by atoms with van der Waals surface area (Å²) in [6, 6.07) is 28.4. The number of hydrogen-bond donors (Lipinski definition) is 1. The van der Waals surface area contributed by atoms with Crippen LogP contribution in [0.25, 0.3) is 0 Å². The van der Waals surface area contributed by atoms with Gasteiger partial charge < -0.3 is 0 Å². The molecule has 0 spiro atoms. The van der Waals surface area contributed by atoms with Gasteiger partial charge in [0.25, 0.3) is 0 Å². The molecule has 0 aromatic heterocycles. The van der Waals surface area contributed by atoms with Gasteiger partial charge in [0, 0.05) is 4.90 Å². The largest absolute Gasteiger partial charge is 0.143 e. The van der Waals surface area contributed by atoms with E-state index in [1.165, 1.54) is 24.8 Å². The van der Waals surface area contributed by atoms with E-state index in [1.54, 1.807) is 0 Å². The molecule has 0 atom stereocenters. The van der Waals surface area contributed by atoms with Crippen molar-refractivity contribution in [1.29, 1.82) is 0 Å². The van der Waals surface area contributed by atoms with Crippen LogP contribution in [0, 0.1) is 6.92 Å². The molecule has 0 fully saturated rings. The second-order valence-electron chi connectivity index (χ2n) is 5.83. The lowest BCUT2D eigenvalue weighted by molar-refractivity contribution is 1.40. The van der Waals surface area contributed by atoms with Crippen LogP contribution in [0.4, 0.5) is 0 Å². The molecule has 0 saturated heterocycles. The van der Waals surface area contributed by atoms with Crippen LogP contribution in [0.15, 0.2) is 83.8 Å². The minimum atomic E-state index is -1.86. The van der Waals surface area contributed by atoms with Crippen LogP contribution in [0.2, 0.25) is 0 Å². The minimum absolute atomic E-state index is 1.08. The summed E-state index contributed by atoms with van der Waals surface area (Å²) in [4.78, 5) is 1.08. The molecule has 0 N–H and O–H groups in total. The Labute approximate surface area is 163 Å². The van der Waals surface area contributed by atoms with Crippen molar-refractivity contribution in [2.24, 2.45) is 0 Å². The zero-order valence-corrected chi connectivity index (χ0v) is 17.7. The monoisotopic (exact) mass is 462 g/mol. The summed E-state index contributed by atoms with van der Waals surface area (Å²) in [5, 5.41) is 4.09. The second-order valence-corrected chi connectivity index (χ2v) is 12.3. The van der Waals surface area contributed by atoms with Crippen LogP contribution >= 0.6 is 42.1 Å². The van der Waals surface area contributed by atoms with Crippen molar-refractivity contribution in [2.45, 2.75) is 18.7 Å². The predicted octanol–water partition coefficient (Wildman–Crippen LogP) is 5.16. The number of hydrogen-bond acceptors (Lipinski definition) is 1. The Morgan fingerprint density at radius 1 is 0.833 bits per heavy atom. The fourth-order valence-electron chi connectivity index (χ4n) is 3.17. The molecule has 0 unspecified atom stereocenters. The molecule has 0 aliphatic heterocycles. The molecule has 3 heteroatoms. The van der Waals surface area contributed by atoms with E-state index in [0.29, 0.717) is 0 Å². The molecule has 0 aliphatic rings. The van der Waals surface area contributed by atoms with Gasteiger partial charge in [0.1, 0.15) is 0 Å². The first-order valence-electron chi connectivity index (χ1n) is 7.87. The van der Waals surface area contributed by atoms with Gasteiger partial charge in [-0.25, -0.2) is 0 Å². The molecule has 0 nitrogen and oxygen atoms in total. The van der Waals surface area contributed by atoms with Gasteiger partial charge in [0.05, 0.1) is 0 Å². The van der Waals surface area contributed by atoms with Crippen LogP contribution in [-0.2, 0) is 0 Å².